The summed E-state index contributed by atoms with van der Waals surface area (Å²) in [4.78, 5) is 17.2. The number of nitrogens with zero attached hydrogens (tertiary/aromatic N) is 5. The number of aliphatic imine (C=N–C) groups is 1. The van der Waals surface area contributed by atoms with Crippen LogP contribution in [0.1, 0.15) is 23.9 Å². The number of H-pyrrole nitrogens is 1. The van der Waals surface area contributed by atoms with Crippen LogP contribution in [-0.2, 0) is 12.8 Å². The van der Waals surface area contributed by atoms with Crippen LogP contribution in [0, 0.1) is 6.92 Å². The van der Waals surface area contributed by atoms with E-state index in [1.165, 1.54) is 33.6 Å². The number of halogens is 1. The molecule has 1 saturated heterocycles. The van der Waals surface area contributed by atoms with Crippen molar-refractivity contribution in [2.75, 3.05) is 44.7 Å². The van der Waals surface area contributed by atoms with Crippen LogP contribution >= 0.6 is 35.5 Å². The lowest BCUT2D eigenvalue weighted by molar-refractivity contribution is 0.372. The SMILES string of the molecule is CCc1nsc(N2CCN(C(=NC)NCCc3c[nH]c4c(C)cccc34)CC2)n1.I. The number of guanidine groups is 1. The number of aromatic nitrogens is 3. The Balaban J connectivity index is 0.00000256. The van der Waals surface area contributed by atoms with Crippen LogP contribution < -0.4 is 10.2 Å². The van der Waals surface area contributed by atoms with Crippen LogP contribution in [0.3, 0.4) is 0 Å². The van der Waals surface area contributed by atoms with E-state index in [4.69, 9.17) is 0 Å². The smallest absolute Gasteiger partial charge is 0.205 e. The van der Waals surface area contributed by atoms with Gasteiger partial charge in [0.15, 0.2) is 5.96 Å². The number of rotatable bonds is 5. The Morgan fingerprint density at radius 2 is 2.07 bits per heavy atom. The molecule has 0 amide bonds. The molecule has 1 aliphatic heterocycles. The van der Waals surface area contributed by atoms with Crippen molar-refractivity contribution in [2.24, 2.45) is 4.99 Å². The van der Waals surface area contributed by atoms with E-state index in [1.807, 2.05) is 7.05 Å². The third-order valence-electron chi connectivity index (χ3n) is 5.52. The molecule has 1 aromatic carbocycles. The van der Waals surface area contributed by atoms with E-state index < -0.39 is 0 Å². The first-order chi connectivity index (χ1) is 14.2. The number of para-hydroxylation sites is 1. The zero-order valence-electron chi connectivity index (χ0n) is 17.8. The van der Waals surface area contributed by atoms with E-state index in [0.29, 0.717) is 0 Å². The molecule has 0 aliphatic carbocycles. The molecule has 0 radical (unpaired) electrons. The minimum Gasteiger partial charge on any atom is -0.361 e. The number of fused-ring (bicyclic) bond motifs is 1. The molecule has 2 aromatic heterocycles. The largest absolute Gasteiger partial charge is 0.361 e. The first-order valence-electron chi connectivity index (χ1n) is 10.3. The molecular weight excluding hydrogens is 509 g/mol. The van der Waals surface area contributed by atoms with Gasteiger partial charge in [0.2, 0.25) is 5.13 Å². The molecule has 1 fully saturated rings. The fourth-order valence-corrected chi connectivity index (χ4v) is 4.64. The Kier molecular flexibility index (Phi) is 7.93. The van der Waals surface area contributed by atoms with Crippen molar-refractivity contribution in [3.63, 3.8) is 0 Å². The Morgan fingerprint density at radius 3 is 2.77 bits per heavy atom. The second-order valence-corrected chi connectivity index (χ2v) is 8.09. The molecule has 7 nitrogen and oxygen atoms in total. The molecule has 30 heavy (non-hydrogen) atoms. The summed E-state index contributed by atoms with van der Waals surface area (Å²) in [7, 11) is 1.86. The van der Waals surface area contributed by atoms with Crippen LogP contribution in [0.15, 0.2) is 29.4 Å². The van der Waals surface area contributed by atoms with E-state index in [0.717, 1.165) is 62.5 Å². The summed E-state index contributed by atoms with van der Waals surface area (Å²) in [5.41, 5.74) is 3.88. The number of piperazine rings is 1. The third-order valence-corrected chi connectivity index (χ3v) is 6.34. The summed E-state index contributed by atoms with van der Waals surface area (Å²) in [6, 6.07) is 6.47. The number of hydrogen-bond acceptors (Lipinski definition) is 5. The van der Waals surface area contributed by atoms with Gasteiger partial charge in [-0.05, 0) is 24.5 Å². The monoisotopic (exact) mass is 539 g/mol. The number of benzene rings is 1. The first-order valence-corrected chi connectivity index (χ1v) is 11.1. The Labute approximate surface area is 199 Å². The van der Waals surface area contributed by atoms with Gasteiger partial charge in [-0.2, -0.15) is 4.37 Å². The van der Waals surface area contributed by atoms with Crippen LogP contribution in [0.25, 0.3) is 10.9 Å². The first kappa shape index (κ1) is 22.8. The van der Waals surface area contributed by atoms with Gasteiger partial charge in [0.1, 0.15) is 5.82 Å². The van der Waals surface area contributed by atoms with E-state index in [9.17, 15) is 0 Å². The van der Waals surface area contributed by atoms with Gasteiger partial charge >= 0.3 is 0 Å². The highest BCUT2D eigenvalue weighted by atomic mass is 127. The molecule has 0 saturated carbocycles. The minimum atomic E-state index is 0. The second-order valence-electron chi connectivity index (χ2n) is 7.36. The summed E-state index contributed by atoms with van der Waals surface area (Å²) >= 11 is 1.51. The maximum atomic E-state index is 4.62. The fraction of sp³-hybridized carbons (Fsp3) is 0.476. The summed E-state index contributed by atoms with van der Waals surface area (Å²) in [5.74, 6) is 1.92. The van der Waals surface area contributed by atoms with Crippen LogP contribution in [-0.4, -0.2) is 65.0 Å². The number of aryl methyl sites for hydroxylation is 2. The van der Waals surface area contributed by atoms with Gasteiger partial charge in [0.05, 0.1) is 0 Å². The van der Waals surface area contributed by atoms with Gasteiger partial charge < -0.3 is 20.1 Å². The Morgan fingerprint density at radius 1 is 1.27 bits per heavy atom. The molecule has 1 aliphatic rings. The molecule has 0 bridgehead atoms. The van der Waals surface area contributed by atoms with Gasteiger partial charge in [-0.1, -0.05) is 25.1 Å². The van der Waals surface area contributed by atoms with Crippen molar-refractivity contribution >= 4 is 57.5 Å². The zero-order valence-corrected chi connectivity index (χ0v) is 21.0. The van der Waals surface area contributed by atoms with Crippen LogP contribution in [0.5, 0.6) is 0 Å². The summed E-state index contributed by atoms with van der Waals surface area (Å²) in [6.45, 7) is 8.87. The lowest BCUT2D eigenvalue weighted by Crippen LogP contribution is -2.52. The average Bonchev–Trinajstić information content (AvgIpc) is 3.40. The summed E-state index contributed by atoms with van der Waals surface area (Å²) in [5, 5.41) is 5.90. The van der Waals surface area contributed by atoms with Crippen molar-refractivity contribution in [1.82, 2.24) is 24.6 Å². The molecule has 2 N–H and O–H groups in total. The normalized spacial score (nSPS) is 14.8. The second kappa shape index (κ2) is 10.4. The van der Waals surface area contributed by atoms with Gasteiger partial charge in [0, 0.05) is 74.8 Å². The molecule has 0 atom stereocenters. The van der Waals surface area contributed by atoms with Gasteiger partial charge in [-0.15, -0.1) is 24.0 Å². The molecular formula is C21H30IN7S. The molecule has 3 aromatic rings. The maximum absolute atomic E-state index is 4.62. The molecule has 162 valence electrons. The summed E-state index contributed by atoms with van der Waals surface area (Å²) in [6.07, 6.45) is 3.99. The van der Waals surface area contributed by atoms with E-state index in [2.05, 4.69) is 72.7 Å². The predicted octanol–water partition coefficient (Wildman–Crippen LogP) is 3.45. The van der Waals surface area contributed by atoms with E-state index in [1.54, 1.807) is 0 Å². The molecule has 3 heterocycles. The van der Waals surface area contributed by atoms with E-state index in [-0.39, 0.29) is 24.0 Å². The standard InChI is InChI=1S/C21H29N7S.HI/c1-4-18-25-21(29-26-18)28-12-10-27(11-13-28)20(22-3)23-9-8-16-14-24-19-15(2)6-5-7-17(16)19;/h5-7,14,24H,4,8-13H2,1-3H3,(H,22,23);1H. The minimum absolute atomic E-state index is 0. The molecule has 0 unspecified atom stereocenters. The van der Waals surface area contributed by atoms with Crippen molar-refractivity contribution in [2.45, 2.75) is 26.7 Å². The molecule has 4 rings (SSSR count). The topological polar surface area (TPSA) is 72.4 Å². The lowest BCUT2D eigenvalue weighted by Gasteiger charge is -2.36. The quantitative estimate of drug-likeness (QED) is 0.295. The highest BCUT2D eigenvalue weighted by molar-refractivity contribution is 14.0. The predicted molar refractivity (Wildman–Crippen MR) is 137 cm³/mol. The molecule has 9 heteroatoms. The zero-order chi connectivity index (χ0) is 20.2. The van der Waals surface area contributed by atoms with Crippen LogP contribution in [0.2, 0.25) is 0 Å². The van der Waals surface area contributed by atoms with Crippen molar-refractivity contribution < 1.29 is 0 Å². The number of hydrogen-bond donors (Lipinski definition) is 2. The summed E-state index contributed by atoms with van der Waals surface area (Å²) < 4.78 is 4.41. The van der Waals surface area contributed by atoms with Gasteiger partial charge in [-0.3, -0.25) is 4.99 Å². The van der Waals surface area contributed by atoms with Crippen molar-refractivity contribution in [3.8, 4) is 0 Å². The maximum Gasteiger partial charge on any atom is 0.205 e. The Hall–Kier alpha value is -1.88. The van der Waals surface area contributed by atoms with Crippen molar-refractivity contribution in [3.05, 3.63) is 41.3 Å². The average molecular weight is 539 g/mol. The van der Waals surface area contributed by atoms with Gasteiger partial charge in [-0.25, -0.2) is 4.98 Å². The molecule has 0 spiro atoms. The van der Waals surface area contributed by atoms with E-state index >= 15 is 0 Å². The van der Waals surface area contributed by atoms with Crippen LogP contribution in [0.4, 0.5) is 5.13 Å². The third kappa shape index (κ3) is 4.88. The Bertz CT molecular complexity index is 988. The van der Waals surface area contributed by atoms with Crippen molar-refractivity contribution in [1.29, 1.82) is 0 Å². The fourth-order valence-electron chi connectivity index (χ4n) is 3.84. The highest BCUT2D eigenvalue weighted by Gasteiger charge is 2.22. The number of anilines is 1. The highest BCUT2D eigenvalue weighted by Crippen LogP contribution is 2.22. The van der Waals surface area contributed by atoms with Gasteiger partial charge in [0.25, 0.3) is 0 Å². The lowest BCUT2D eigenvalue weighted by atomic mass is 10.1. The number of nitrogens with one attached hydrogen (secondary N) is 2. The number of aromatic amines is 1.